The van der Waals surface area contributed by atoms with Crippen LogP contribution in [0.15, 0.2) is 30.3 Å². The summed E-state index contributed by atoms with van der Waals surface area (Å²) in [6, 6.07) is 10.3. The lowest BCUT2D eigenvalue weighted by Crippen LogP contribution is -2.02. The topological polar surface area (TPSA) is 52.6 Å². The Hall–Kier alpha value is -0.430. The van der Waals surface area contributed by atoms with Crippen molar-refractivity contribution in [3.05, 3.63) is 35.9 Å². The van der Waals surface area contributed by atoms with Crippen molar-refractivity contribution in [1.29, 1.82) is 0 Å². The van der Waals surface area contributed by atoms with Crippen molar-refractivity contribution >= 4 is 26.3 Å². The lowest BCUT2D eigenvalue weighted by Gasteiger charge is -1.91. The van der Waals surface area contributed by atoms with Gasteiger partial charge >= 0.3 is 10.4 Å². The lowest BCUT2D eigenvalue weighted by atomic mass is 10.2. The fraction of sp³-hybridized carbons (Fsp3) is 0.333. The number of benzene rings is 1. The van der Waals surface area contributed by atoms with Crippen LogP contribution >= 0.6 is 15.9 Å². The van der Waals surface area contributed by atoms with E-state index in [1.54, 1.807) is 0 Å². The third-order valence-corrected chi connectivity index (χ3v) is 2.87. The first-order chi connectivity index (χ1) is 7.05. The van der Waals surface area contributed by atoms with E-state index < -0.39 is 10.4 Å². The van der Waals surface area contributed by atoms with Crippen LogP contribution in [-0.2, 0) is 24.1 Å². The van der Waals surface area contributed by atoms with Crippen LogP contribution in [-0.4, -0.2) is 22.6 Å². The molecule has 0 N–H and O–H groups in total. The van der Waals surface area contributed by atoms with Crippen LogP contribution in [0.2, 0.25) is 0 Å². The molecule has 0 saturated carbocycles. The predicted octanol–water partition coefficient (Wildman–Crippen LogP) is 2.11. The molecule has 0 atom stereocenters. The van der Waals surface area contributed by atoms with Crippen LogP contribution in [0.5, 0.6) is 0 Å². The smallest absolute Gasteiger partial charge is 0.252 e. The van der Waals surface area contributed by atoms with Gasteiger partial charge in [0.1, 0.15) is 0 Å². The Balaban J connectivity index is 0.000000265. The van der Waals surface area contributed by atoms with Crippen molar-refractivity contribution in [2.75, 3.05) is 14.2 Å². The Morgan fingerprint density at radius 3 is 1.80 bits per heavy atom. The van der Waals surface area contributed by atoms with Crippen LogP contribution in [0.3, 0.4) is 0 Å². The van der Waals surface area contributed by atoms with Crippen LogP contribution in [0.1, 0.15) is 5.56 Å². The van der Waals surface area contributed by atoms with Crippen molar-refractivity contribution in [1.82, 2.24) is 0 Å². The van der Waals surface area contributed by atoms with Gasteiger partial charge < -0.3 is 0 Å². The highest BCUT2D eigenvalue weighted by molar-refractivity contribution is 9.08. The molecule has 0 aliphatic heterocycles. The van der Waals surface area contributed by atoms with Gasteiger partial charge in [0.15, 0.2) is 0 Å². The van der Waals surface area contributed by atoms with E-state index in [1.165, 1.54) is 5.56 Å². The average Bonchev–Trinajstić information content (AvgIpc) is 2.31. The predicted molar refractivity (Wildman–Crippen MR) is 62.0 cm³/mol. The van der Waals surface area contributed by atoms with E-state index in [4.69, 9.17) is 0 Å². The van der Waals surface area contributed by atoms with Crippen molar-refractivity contribution in [2.24, 2.45) is 0 Å². The van der Waals surface area contributed by atoms with Crippen LogP contribution in [0.4, 0.5) is 0 Å². The van der Waals surface area contributed by atoms with Gasteiger partial charge in [0.05, 0.1) is 14.2 Å². The zero-order chi connectivity index (χ0) is 11.7. The van der Waals surface area contributed by atoms with Gasteiger partial charge in [0.2, 0.25) is 0 Å². The van der Waals surface area contributed by atoms with Crippen LogP contribution in [0.25, 0.3) is 0 Å². The number of hydrogen-bond acceptors (Lipinski definition) is 4. The van der Waals surface area contributed by atoms with Crippen molar-refractivity contribution in [3.8, 4) is 0 Å². The van der Waals surface area contributed by atoms with E-state index in [0.717, 1.165) is 19.5 Å². The van der Waals surface area contributed by atoms with E-state index in [1.807, 2.05) is 18.2 Å². The summed E-state index contributed by atoms with van der Waals surface area (Å²) in [4.78, 5) is 0. The molecule has 0 amide bonds. The second-order valence-electron chi connectivity index (χ2n) is 2.36. The monoisotopic (exact) mass is 296 g/mol. The van der Waals surface area contributed by atoms with E-state index in [2.05, 4.69) is 36.4 Å². The van der Waals surface area contributed by atoms with Gasteiger partial charge in [0.25, 0.3) is 0 Å². The largest absolute Gasteiger partial charge is 0.399 e. The minimum atomic E-state index is -3.66. The Morgan fingerprint density at radius 1 is 1.13 bits per heavy atom. The minimum absolute atomic E-state index is 0.952. The summed E-state index contributed by atoms with van der Waals surface area (Å²) in [6.07, 6.45) is 0. The molecule has 0 heterocycles. The quantitative estimate of drug-likeness (QED) is 0.802. The second kappa shape index (κ2) is 7.81. The highest BCUT2D eigenvalue weighted by Gasteiger charge is 2.01. The SMILES string of the molecule is BrCc1ccccc1.COS(=O)(=O)OC. The van der Waals surface area contributed by atoms with E-state index >= 15 is 0 Å². The maximum atomic E-state index is 9.92. The molecule has 0 aromatic heterocycles. The third-order valence-electron chi connectivity index (χ3n) is 1.41. The van der Waals surface area contributed by atoms with E-state index in [-0.39, 0.29) is 0 Å². The number of hydrogen-bond donors (Lipinski definition) is 0. The zero-order valence-electron chi connectivity index (χ0n) is 8.51. The summed E-state index contributed by atoms with van der Waals surface area (Å²) in [5.74, 6) is 0. The maximum Gasteiger partial charge on any atom is 0.399 e. The Labute approximate surface area is 98.7 Å². The van der Waals surface area contributed by atoms with Crippen LogP contribution in [0, 0.1) is 0 Å². The Bertz CT molecular complexity index is 340. The van der Waals surface area contributed by atoms with Gasteiger partial charge in [-0.2, -0.15) is 8.42 Å². The van der Waals surface area contributed by atoms with Gasteiger partial charge in [-0.25, -0.2) is 0 Å². The van der Waals surface area contributed by atoms with Gasteiger partial charge in [-0.05, 0) is 5.56 Å². The summed E-state index contributed by atoms with van der Waals surface area (Å²) < 4.78 is 27.5. The van der Waals surface area contributed by atoms with Crippen molar-refractivity contribution in [2.45, 2.75) is 5.33 Å². The van der Waals surface area contributed by atoms with Crippen molar-refractivity contribution in [3.63, 3.8) is 0 Å². The summed E-state index contributed by atoms with van der Waals surface area (Å²) in [6.45, 7) is 0. The molecule has 1 rings (SSSR count). The molecule has 6 heteroatoms. The fourth-order valence-electron chi connectivity index (χ4n) is 0.635. The molecule has 1 aromatic rings. The van der Waals surface area contributed by atoms with E-state index in [9.17, 15) is 8.42 Å². The van der Waals surface area contributed by atoms with Crippen molar-refractivity contribution < 1.29 is 16.8 Å². The van der Waals surface area contributed by atoms with Crippen LogP contribution < -0.4 is 0 Å². The molecule has 0 saturated heterocycles. The fourth-order valence-corrected chi connectivity index (χ4v) is 1.15. The number of halogens is 1. The second-order valence-corrected chi connectivity index (χ2v) is 4.40. The first-order valence-corrected chi connectivity index (χ1v) is 6.47. The molecule has 0 fully saturated rings. The number of alkyl halides is 1. The molecule has 15 heavy (non-hydrogen) atoms. The Kier molecular flexibility index (Phi) is 7.59. The maximum absolute atomic E-state index is 9.92. The molecule has 0 unspecified atom stereocenters. The first kappa shape index (κ1) is 14.6. The molecular weight excluding hydrogens is 284 g/mol. The summed E-state index contributed by atoms with van der Waals surface area (Å²) in [7, 11) is -1.60. The summed E-state index contributed by atoms with van der Waals surface area (Å²) in [5.41, 5.74) is 1.33. The van der Waals surface area contributed by atoms with Gasteiger partial charge in [-0.15, -0.1) is 0 Å². The van der Waals surface area contributed by atoms with Gasteiger partial charge in [-0.1, -0.05) is 46.3 Å². The molecule has 86 valence electrons. The molecular formula is C9H13BrO4S. The minimum Gasteiger partial charge on any atom is -0.252 e. The molecule has 0 aliphatic carbocycles. The van der Waals surface area contributed by atoms with E-state index in [0.29, 0.717) is 0 Å². The molecule has 4 nitrogen and oxygen atoms in total. The third kappa shape index (κ3) is 7.49. The lowest BCUT2D eigenvalue weighted by molar-refractivity contribution is 0.286. The van der Waals surface area contributed by atoms with Gasteiger partial charge in [-0.3, -0.25) is 8.37 Å². The molecule has 1 aromatic carbocycles. The first-order valence-electron chi connectivity index (χ1n) is 4.01. The Morgan fingerprint density at radius 2 is 1.60 bits per heavy atom. The molecule has 0 bridgehead atoms. The molecule has 0 radical (unpaired) electrons. The summed E-state index contributed by atoms with van der Waals surface area (Å²) in [5, 5.41) is 0.952. The molecule has 0 aliphatic rings. The standard InChI is InChI=1S/C7H7Br.C2H6O4S/c8-6-7-4-2-1-3-5-7;1-5-7(3,4)6-2/h1-5H,6H2;1-2H3. The highest BCUT2D eigenvalue weighted by Crippen LogP contribution is 2.02. The van der Waals surface area contributed by atoms with Gasteiger partial charge in [0, 0.05) is 5.33 Å². The summed E-state index contributed by atoms with van der Waals surface area (Å²) >= 11 is 3.36. The highest BCUT2D eigenvalue weighted by atomic mass is 79.9. The zero-order valence-corrected chi connectivity index (χ0v) is 10.9. The number of rotatable bonds is 3. The normalized spacial score (nSPS) is 10.3. The average molecular weight is 297 g/mol. The molecule has 0 spiro atoms.